The van der Waals surface area contributed by atoms with E-state index in [9.17, 15) is 17.6 Å². The summed E-state index contributed by atoms with van der Waals surface area (Å²) in [5.74, 6) is -0.543. The molecule has 2 aromatic rings. The molecule has 8 heteroatoms. The lowest BCUT2D eigenvalue weighted by Gasteiger charge is -2.13. The molecule has 2 aromatic heterocycles. The van der Waals surface area contributed by atoms with Crippen molar-refractivity contribution in [1.29, 1.82) is 0 Å². The molecule has 1 atom stereocenters. The van der Waals surface area contributed by atoms with Gasteiger partial charge < -0.3 is 5.32 Å². The monoisotopic (exact) mass is 291 g/mol. The molecular formula is C11H9F4N3S. The third-order valence-electron chi connectivity index (χ3n) is 2.40. The Labute approximate surface area is 110 Å². The average molecular weight is 291 g/mol. The predicted octanol–water partition coefficient (Wildman–Crippen LogP) is 3.00. The molecule has 0 fully saturated rings. The topological polar surface area (TPSA) is 37.8 Å². The van der Waals surface area contributed by atoms with Crippen molar-refractivity contribution in [2.45, 2.75) is 12.2 Å². The van der Waals surface area contributed by atoms with Crippen LogP contribution in [0.5, 0.6) is 0 Å². The molecular weight excluding hydrogens is 282 g/mol. The van der Waals surface area contributed by atoms with Gasteiger partial charge in [0.25, 0.3) is 0 Å². The molecule has 3 nitrogen and oxygen atoms in total. The van der Waals surface area contributed by atoms with Gasteiger partial charge in [-0.3, -0.25) is 4.98 Å². The van der Waals surface area contributed by atoms with E-state index < -0.39 is 23.0 Å². The van der Waals surface area contributed by atoms with Gasteiger partial charge in [-0.1, -0.05) is 0 Å². The molecule has 0 aliphatic heterocycles. The molecule has 0 aromatic carbocycles. The van der Waals surface area contributed by atoms with Gasteiger partial charge in [-0.2, -0.15) is 13.2 Å². The smallest absolute Gasteiger partial charge is 0.309 e. The van der Waals surface area contributed by atoms with Crippen molar-refractivity contribution in [2.75, 3.05) is 7.05 Å². The van der Waals surface area contributed by atoms with Gasteiger partial charge in [0.2, 0.25) is 0 Å². The van der Waals surface area contributed by atoms with Crippen LogP contribution in [0.4, 0.5) is 17.6 Å². The summed E-state index contributed by atoms with van der Waals surface area (Å²) in [5, 5.41) is 1.90. The second kappa shape index (κ2) is 5.22. The number of nitrogens with zero attached hydrogens (tertiary/aromatic N) is 2. The number of nitrogens with one attached hydrogen (secondary N) is 1. The number of halogens is 4. The molecule has 0 saturated heterocycles. The van der Waals surface area contributed by atoms with Crippen molar-refractivity contribution >= 4 is 11.3 Å². The van der Waals surface area contributed by atoms with Crippen LogP contribution < -0.4 is 5.32 Å². The average Bonchev–Trinajstić information content (AvgIpc) is 2.79. The molecule has 0 radical (unpaired) electrons. The Morgan fingerprint density at radius 2 is 2.00 bits per heavy atom. The van der Waals surface area contributed by atoms with E-state index in [2.05, 4.69) is 15.3 Å². The highest BCUT2D eigenvalue weighted by atomic mass is 32.1. The largest absolute Gasteiger partial charge is 0.443 e. The zero-order valence-electron chi connectivity index (χ0n) is 9.70. The molecule has 2 heterocycles. The molecule has 2 rings (SSSR count). The molecule has 1 N–H and O–H groups in total. The maximum atomic E-state index is 13.1. The zero-order chi connectivity index (χ0) is 14.0. The Bertz CT molecular complexity index is 567. The van der Waals surface area contributed by atoms with Gasteiger partial charge in [0, 0.05) is 17.3 Å². The van der Waals surface area contributed by atoms with Crippen molar-refractivity contribution in [2.24, 2.45) is 0 Å². The summed E-state index contributed by atoms with van der Waals surface area (Å²) in [6, 6.07) is 0.651. The van der Waals surface area contributed by atoms with E-state index in [0.29, 0.717) is 21.8 Å². The molecule has 0 spiro atoms. The van der Waals surface area contributed by atoms with Gasteiger partial charge >= 0.3 is 6.18 Å². The van der Waals surface area contributed by atoms with Crippen molar-refractivity contribution in [3.05, 3.63) is 45.9 Å². The van der Waals surface area contributed by atoms with Gasteiger partial charge in [-0.25, -0.2) is 9.37 Å². The Morgan fingerprint density at radius 1 is 1.26 bits per heavy atom. The molecule has 1 unspecified atom stereocenters. The summed E-state index contributed by atoms with van der Waals surface area (Å²) in [7, 11) is 1.57. The predicted molar refractivity (Wildman–Crippen MR) is 62.2 cm³/mol. The first-order valence-electron chi connectivity index (χ1n) is 5.22. The van der Waals surface area contributed by atoms with E-state index >= 15 is 0 Å². The van der Waals surface area contributed by atoms with E-state index in [1.165, 1.54) is 12.3 Å². The van der Waals surface area contributed by atoms with Crippen molar-refractivity contribution in [3.8, 4) is 0 Å². The number of aromatic nitrogens is 2. The summed E-state index contributed by atoms with van der Waals surface area (Å²) < 4.78 is 50.6. The summed E-state index contributed by atoms with van der Waals surface area (Å²) >= 11 is 0.524. The first-order chi connectivity index (χ1) is 8.91. The Hall–Kier alpha value is -1.54. The van der Waals surface area contributed by atoms with Crippen LogP contribution in [0.3, 0.4) is 0 Å². The molecule has 19 heavy (non-hydrogen) atoms. The van der Waals surface area contributed by atoms with Crippen molar-refractivity contribution in [1.82, 2.24) is 15.3 Å². The lowest BCUT2D eigenvalue weighted by molar-refractivity contribution is -0.137. The number of hydrogen-bond donors (Lipinski definition) is 1. The highest BCUT2D eigenvalue weighted by Crippen LogP contribution is 2.35. The van der Waals surface area contributed by atoms with Gasteiger partial charge in [0.15, 0.2) is 5.01 Å². The Kier molecular flexibility index (Phi) is 3.81. The SMILES string of the molecule is CNC(c1cncc(F)c1)c1cnc(C(F)(F)F)s1. The second-order valence-electron chi connectivity index (χ2n) is 3.72. The lowest BCUT2D eigenvalue weighted by Crippen LogP contribution is -2.16. The number of thiazole rings is 1. The van der Waals surface area contributed by atoms with E-state index in [1.807, 2.05) is 0 Å². The summed E-state index contributed by atoms with van der Waals surface area (Å²) in [6.45, 7) is 0. The van der Waals surface area contributed by atoms with Crippen LogP contribution in [0.25, 0.3) is 0 Å². The van der Waals surface area contributed by atoms with Gasteiger partial charge in [0.1, 0.15) is 5.82 Å². The first-order valence-corrected chi connectivity index (χ1v) is 6.04. The van der Waals surface area contributed by atoms with Crippen LogP contribution >= 0.6 is 11.3 Å². The van der Waals surface area contributed by atoms with Crippen LogP contribution in [-0.2, 0) is 6.18 Å². The third-order valence-corrected chi connectivity index (χ3v) is 3.51. The lowest BCUT2D eigenvalue weighted by atomic mass is 10.1. The van der Waals surface area contributed by atoms with E-state index in [1.54, 1.807) is 7.05 Å². The fourth-order valence-corrected chi connectivity index (χ4v) is 2.53. The molecule has 0 aliphatic rings. The highest BCUT2D eigenvalue weighted by Gasteiger charge is 2.35. The van der Waals surface area contributed by atoms with E-state index in [4.69, 9.17) is 0 Å². The van der Waals surface area contributed by atoms with E-state index in [0.717, 1.165) is 12.4 Å². The van der Waals surface area contributed by atoms with E-state index in [-0.39, 0.29) is 0 Å². The minimum Gasteiger partial charge on any atom is -0.309 e. The fourth-order valence-electron chi connectivity index (χ4n) is 1.61. The Balaban J connectivity index is 2.35. The molecule has 0 aliphatic carbocycles. The molecule has 0 bridgehead atoms. The highest BCUT2D eigenvalue weighted by molar-refractivity contribution is 7.11. The number of alkyl halides is 3. The summed E-state index contributed by atoms with van der Waals surface area (Å²) in [4.78, 5) is 7.37. The van der Waals surface area contributed by atoms with Crippen LogP contribution in [0.2, 0.25) is 0 Å². The number of pyridine rings is 1. The maximum Gasteiger partial charge on any atom is 0.443 e. The molecule has 102 valence electrons. The summed E-state index contributed by atoms with van der Waals surface area (Å²) in [5.41, 5.74) is 0.444. The van der Waals surface area contributed by atoms with Crippen molar-refractivity contribution in [3.63, 3.8) is 0 Å². The molecule has 0 amide bonds. The zero-order valence-corrected chi connectivity index (χ0v) is 10.5. The maximum absolute atomic E-state index is 13.1. The van der Waals surface area contributed by atoms with Crippen LogP contribution in [0.1, 0.15) is 21.5 Å². The van der Waals surface area contributed by atoms with Crippen LogP contribution in [-0.4, -0.2) is 17.0 Å². The van der Waals surface area contributed by atoms with Gasteiger partial charge in [0.05, 0.1) is 12.2 Å². The quantitative estimate of drug-likeness (QED) is 0.883. The fraction of sp³-hybridized carbons (Fsp3) is 0.273. The van der Waals surface area contributed by atoms with Crippen LogP contribution in [0.15, 0.2) is 24.7 Å². The number of hydrogen-bond acceptors (Lipinski definition) is 4. The minimum absolute atomic E-state index is 0.349. The second-order valence-corrected chi connectivity index (χ2v) is 4.79. The third kappa shape index (κ3) is 3.07. The normalized spacial score (nSPS) is 13.5. The first kappa shape index (κ1) is 13.9. The minimum atomic E-state index is -4.47. The van der Waals surface area contributed by atoms with Gasteiger partial charge in [-0.15, -0.1) is 11.3 Å². The van der Waals surface area contributed by atoms with Crippen molar-refractivity contribution < 1.29 is 17.6 Å². The standard InChI is InChI=1S/C11H9F4N3S/c1-16-9(6-2-7(12)4-17-3-6)8-5-18-10(19-8)11(13,14)15/h2-5,9,16H,1H3. The summed E-state index contributed by atoms with van der Waals surface area (Å²) in [6.07, 6.45) is -0.901. The van der Waals surface area contributed by atoms with Gasteiger partial charge in [-0.05, 0) is 18.7 Å². The Morgan fingerprint density at radius 3 is 2.53 bits per heavy atom. The molecule has 0 saturated carbocycles. The number of rotatable bonds is 3. The van der Waals surface area contributed by atoms with Crippen LogP contribution in [0, 0.1) is 5.82 Å².